The minimum atomic E-state index is -0.0922. The van der Waals surface area contributed by atoms with E-state index in [1.807, 2.05) is 43.5 Å². The number of thiazole rings is 1. The van der Waals surface area contributed by atoms with Crippen LogP contribution in [0.4, 0.5) is 0 Å². The molecule has 0 aliphatic carbocycles. The summed E-state index contributed by atoms with van der Waals surface area (Å²) in [7, 11) is 0. The molecule has 0 radical (unpaired) electrons. The highest BCUT2D eigenvalue weighted by Gasteiger charge is 2.08. The Morgan fingerprint density at radius 3 is 2.58 bits per heavy atom. The van der Waals surface area contributed by atoms with E-state index >= 15 is 0 Å². The van der Waals surface area contributed by atoms with E-state index in [1.165, 1.54) is 0 Å². The Labute approximate surface area is 117 Å². The van der Waals surface area contributed by atoms with Crippen LogP contribution in [0.2, 0.25) is 0 Å². The van der Waals surface area contributed by atoms with Gasteiger partial charge in [-0.1, -0.05) is 0 Å². The Bertz CT molecular complexity index is 560. The van der Waals surface area contributed by atoms with Gasteiger partial charge in [-0.3, -0.25) is 4.79 Å². The highest BCUT2D eigenvalue weighted by atomic mass is 32.1. The minimum Gasteiger partial charge on any atom is -0.490 e. The van der Waals surface area contributed by atoms with Gasteiger partial charge in [0.2, 0.25) is 0 Å². The van der Waals surface area contributed by atoms with Crippen LogP contribution >= 0.6 is 11.3 Å². The number of aromatic nitrogens is 1. The van der Waals surface area contributed by atoms with E-state index in [0.717, 1.165) is 22.0 Å². The molecule has 19 heavy (non-hydrogen) atoms. The quantitative estimate of drug-likeness (QED) is 0.831. The molecule has 0 amide bonds. The fraction of sp³-hybridized carbons (Fsp3) is 0.333. The first kappa shape index (κ1) is 13.7. The van der Waals surface area contributed by atoms with Crippen molar-refractivity contribution < 1.29 is 9.53 Å². The number of nitrogens with zero attached hydrogens (tertiary/aromatic N) is 1. The first-order chi connectivity index (χ1) is 9.04. The molecule has 0 saturated heterocycles. The lowest BCUT2D eigenvalue weighted by Gasteiger charge is -2.13. The third-order valence-corrected chi connectivity index (χ3v) is 3.64. The summed E-state index contributed by atoms with van der Waals surface area (Å²) >= 11 is 1.63. The average molecular weight is 275 g/mol. The number of ketones is 1. The van der Waals surface area contributed by atoms with Crippen LogP contribution < -0.4 is 4.74 Å². The monoisotopic (exact) mass is 275 g/mol. The molecule has 0 spiro atoms. The molecule has 3 nitrogen and oxygen atoms in total. The van der Waals surface area contributed by atoms with Crippen molar-refractivity contribution in [3.05, 3.63) is 35.3 Å². The topological polar surface area (TPSA) is 39.2 Å². The Kier molecular flexibility index (Phi) is 4.32. The van der Waals surface area contributed by atoms with Crippen LogP contribution in [-0.2, 0) is 4.79 Å². The van der Waals surface area contributed by atoms with Crippen LogP contribution in [0.1, 0.15) is 26.0 Å². The van der Waals surface area contributed by atoms with E-state index in [2.05, 4.69) is 4.98 Å². The first-order valence-electron chi connectivity index (χ1n) is 6.23. The van der Waals surface area contributed by atoms with Crippen molar-refractivity contribution in [1.82, 2.24) is 4.98 Å². The zero-order valence-electron chi connectivity index (χ0n) is 11.3. The van der Waals surface area contributed by atoms with Crippen molar-refractivity contribution >= 4 is 17.1 Å². The standard InChI is InChI=1S/C15H17NO2S/c1-10-9-19-15(16-10)13-4-6-14(7-5-13)18-12(3)8-11(2)17/h4-7,9,12H,8H2,1-3H3. The number of Topliss-reactive ketones (excluding diaryl/α,β-unsaturated/α-hetero) is 1. The van der Waals surface area contributed by atoms with Gasteiger partial charge in [-0.05, 0) is 45.0 Å². The molecule has 1 aromatic heterocycles. The summed E-state index contributed by atoms with van der Waals surface area (Å²) in [6.45, 7) is 5.47. The third-order valence-electron chi connectivity index (χ3n) is 2.63. The minimum absolute atomic E-state index is 0.0922. The van der Waals surface area contributed by atoms with E-state index in [0.29, 0.717) is 6.42 Å². The van der Waals surface area contributed by atoms with Gasteiger partial charge in [-0.2, -0.15) is 0 Å². The van der Waals surface area contributed by atoms with E-state index < -0.39 is 0 Å². The Hall–Kier alpha value is -1.68. The molecular weight excluding hydrogens is 258 g/mol. The zero-order chi connectivity index (χ0) is 13.8. The fourth-order valence-electron chi connectivity index (χ4n) is 1.84. The van der Waals surface area contributed by atoms with Crippen LogP contribution in [0, 0.1) is 6.92 Å². The van der Waals surface area contributed by atoms with E-state index in [-0.39, 0.29) is 11.9 Å². The molecule has 0 fully saturated rings. The van der Waals surface area contributed by atoms with Gasteiger partial charge in [0.15, 0.2) is 0 Å². The second-order valence-corrected chi connectivity index (χ2v) is 5.51. The van der Waals surface area contributed by atoms with Crippen molar-refractivity contribution in [2.24, 2.45) is 0 Å². The van der Waals surface area contributed by atoms with Gasteiger partial charge in [0.25, 0.3) is 0 Å². The number of aryl methyl sites for hydroxylation is 1. The van der Waals surface area contributed by atoms with Crippen molar-refractivity contribution in [3.63, 3.8) is 0 Å². The summed E-state index contributed by atoms with van der Waals surface area (Å²) in [4.78, 5) is 15.4. The normalized spacial score (nSPS) is 12.2. The van der Waals surface area contributed by atoms with Crippen LogP contribution in [0.15, 0.2) is 29.6 Å². The summed E-state index contributed by atoms with van der Waals surface area (Å²) in [5, 5.41) is 3.05. The van der Waals surface area contributed by atoms with Gasteiger partial charge in [-0.15, -0.1) is 11.3 Å². The second kappa shape index (κ2) is 5.97. The Balaban J connectivity index is 2.04. The van der Waals surface area contributed by atoms with Crippen molar-refractivity contribution in [2.45, 2.75) is 33.3 Å². The highest BCUT2D eigenvalue weighted by Crippen LogP contribution is 2.25. The van der Waals surface area contributed by atoms with Gasteiger partial charge in [0.1, 0.15) is 22.6 Å². The maximum absolute atomic E-state index is 11.0. The lowest BCUT2D eigenvalue weighted by molar-refractivity contribution is -0.118. The Morgan fingerprint density at radius 2 is 2.05 bits per heavy atom. The van der Waals surface area contributed by atoms with E-state index in [4.69, 9.17) is 4.74 Å². The third kappa shape index (κ3) is 3.89. The number of ether oxygens (including phenoxy) is 1. The lowest BCUT2D eigenvalue weighted by Crippen LogP contribution is -2.15. The first-order valence-corrected chi connectivity index (χ1v) is 7.11. The number of hydrogen-bond donors (Lipinski definition) is 0. The molecule has 1 unspecified atom stereocenters. The van der Waals surface area contributed by atoms with Crippen LogP contribution in [0.5, 0.6) is 5.75 Å². The van der Waals surface area contributed by atoms with Crippen molar-refractivity contribution in [1.29, 1.82) is 0 Å². The fourth-order valence-corrected chi connectivity index (χ4v) is 2.65. The van der Waals surface area contributed by atoms with Gasteiger partial charge < -0.3 is 4.74 Å². The van der Waals surface area contributed by atoms with Crippen LogP contribution in [0.25, 0.3) is 10.6 Å². The summed E-state index contributed by atoms with van der Waals surface area (Å²) in [5.41, 5.74) is 2.13. The largest absolute Gasteiger partial charge is 0.490 e. The number of carbonyl (C=O) groups excluding carboxylic acids is 1. The van der Waals surface area contributed by atoms with E-state index in [9.17, 15) is 4.79 Å². The molecule has 0 N–H and O–H groups in total. The molecule has 1 heterocycles. The molecule has 0 saturated carbocycles. The van der Waals surface area contributed by atoms with Gasteiger partial charge >= 0.3 is 0 Å². The maximum Gasteiger partial charge on any atom is 0.133 e. The average Bonchev–Trinajstić information content (AvgIpc) is 2.75. The molecule has 0 aliphatic rings. The van der Waals surface area contributed by atoms with Gasteiger partial charge in [-0.25, -0.2) is 4.98 Å². The highest BCUT2D eigenvalue weighted by molar-refractivity contribution is 7.13. The van der Waals surface area contributed by atoms with Crippen LogP contribution in [0.3, 0.4) is 0 Å². The van der Waals surface area contributed by atoms with Gasteiger partial charge in [0.05, 0.1) is 0 Å². The lowest BCUT2D eigenvalue weighted by atomic mass is 10.2. The smallest absolute Gasteiger partial charge is 0.133 e. The summed E-state index contributed by atoms with van der Waals surface area (Å²) in [6.07, 6.45) is 0.346. The molecule has 0 bridgehead atoms. The second-order valence-electron chi connectivity index (χ2n) is 4.65. The maximum atomic E-state index is 11.0. The zero-order valence-corrected chi connectivity index (χ0v) is 12.2. The predicted molar refractivity (Wildman–Crippen MR) is 77.7 cm³/mol. The summed E-state index contributed by atoms with van der Waals surface area (Å²) in [5.74, 6) is 0.924. The molecule has 1 aromatic carbocycles. The molecule has 2 rings (SSSR count). The van der Waals surface area contributed by atoms with Crippen LogP contribution in [-0.4, -0.2) is 16.9 Å². The predicted octanol–water partition coefficient (Wildman–Crippen LogP) is 3.86. The molecule has 4 heteroatoms. The SMILES string of the molecule is CC(=O)CC(C)Oc1ccc(-c2nc(C)cs2)cc1. The number of benzene rings is 1. The molecule has 2 aromatic rings. The molecule has 100 valence electrons. The number of rotatable bonds is 5. The van der Waals surface area contributed by atoms with Crippen molar-refractivity contribution in [3.8, 4) is 16.3 Å². The molecule has 0 aliphatic heterocycles. The van der Waals surface area contributed by atoms with Gasteiger partial charge in [0, 0.05) is 23.1 Å². The van der Waals surface area contributed by atoms with Crippen molar-refractivity contribution in [2.75, 3.05) is 0 Å². The van der Waals surface area contributed by atoms with E-state index in [1.54, 1.807) is 18.3 Å². The molecular formula is C15H17NO2S. The Morgan fingerprint density at radius 1 is 1.37 bits per heavy atom. The summed E-state index contributed by atoms with van der Waals surface area (Å²) in [6, 6.07) is 7.83. The number of carbonyl (C=O) groups is 1. The summed E-state index contributed by atoms with van der Waals surface area (Å²) < 4.78 is 5.68. The molecule has 1 atom stereocenters. The number of hydrogen-bond acceptors (Lipinski definition) is 4.